The van der Waals surface area contributed by atoms with Crippen molar-refractivity contribution in [3.05, 3.63) is 47.5 Å². The number of thioether (sulfide) groups is 1. The first-order valence-electron chi connectivity index (χ1n) is 16.8. The van der Waals surface area contributed by atoms with Gasteiger partial charge in [0.25, 0.3) is 0 Å². The van der Waals surface area contributed by atoms with E-state index in [1.54, 1.807) is 13.8 Å². The fourth-order valence-electron chi connectivity index (χ4n) is 8.98. The quantitative estimate of drug-likeness (QED) is 0.148. The lowest BCUT2D eigenvalue weighted by Crippen LogP contribution is -2.70. The molecule has 0 aromatic carbocycles. The summed E-state index contributed by atoms with van der Waals surface area (Å²) >= 11 is 0.293. The number of fused-ring (bicyclic) bond motifs is 5. The highest BCUT2D eigenvalue weighted by molar-refractivity contribution is 8.13. The van der Waals surface area contributed by atoms with Crippen LogP contribution in [0.1, 0.15) is 70.0 Å². The third kappa shape index (κ3) is 6.25. The molecule has 4 aliphatic carbocycles. The van der Waals surface area contributed by atoms with Gasteiger partial charge >= 0.3 is 5.97 Å². The Balaban J connectivity index is 1.35. The van der Waals surface area contributed by atoms with Gasteiger partial charge in [0.2, 0.25) is 22.7 Å². The summed E-state index contributed by atoms with van der Waals surface area (Å²) in [5, 5.41) is 15.8. The molecule has 51 heavy (non-hydrogen) atoms. The van der Waals surface area contributed by atoms with Crippen molar-refractivity contribution >= 4 is 40.4 Å². The first kappa shape index (κ1) is 38.8. The zero-order valence-corrected chi connectivity index (χ0v) is 29.8. The fourth-order valence-corrected chi connectivity index (χ4v) is 9.77. The molecule has 5 rings (SSSR count). The molecule has 0 aliphatic heterocycles. The van der Waals surface area contributed by atoms with Crippen LogP contribution in [0.2, 0.25) is 0 Å². The minimum absolute atomic E-state index is 0.0515. The highest BCUT2D eigenvalue weighted by Gasteiger charge is 2.78. The van der Waals surface area contributed by atoms with Crippen molar-refractivity contribution in [3.63, 3.8) is 0 Å². The Morgan fingerprint density at radius 1 is 1.18 bits per heavy atom. The summed E-state index contributed by atoms with van der Waals surface area (Å²) in [6, 6.07) is -1.50. The molecule has 0 bridgehead atoms. The number of rotatable bonds is 11. The molecule has 1 aromatic rings. The number of allylic oxidation sites excluding steroid dienone is 4. The van der Waals surface area contributed by atoms with Crippen molar-refractivity contribution < 1.29 is 56.1 Å². The lowest BCUT2D eigenvalue weighted by atomic mass is 9.44. The Labute approximate surface area is 297 Å². The highest BCUT2D eigenvalue weighted by atomic mass is 32.2. The summed E-state index contributed by atoms with van der Waals surface area (Å²) in [6.45, 7) is 7.25. The number of hydrogen-bond donors (Lipinski definition) is 4. The third-order valence-electron chi connectivity index (χ3n) is 11.5. The summed E-state index contributed by atoms with van der Waals surface area (Å²) in [7, 11) is 0. The van der Waals surface area contributed by atoms with E-state index in [2.05, 4.69) is 10.6 Å². The average Bonchev–Trinajstić information content (AvgIpc) is 3.62. The van der Waals surface area contributed by atoms with Crippen molar-refractivity contribution in [3.8, 4) is 0 Å². The highest BCUT2D eigenvalue weighted by Crippen LogP contribution is 2.72. The number of nitrogens with one attached hydrogen (secondary N) is 2. The summed E-state index contributed by atoms with van der Waals surface area (Å²) in [4.78, 5) is 63.7. The molecule has 3 saturated carbocycles. The van der Waals surface area contributed by atoms with Crippen LogP contribution in [0.15, 0.2) is 40.5 Å². The number of hydrogen-bond acceptors (Lipinski definition) is 11. The van der Waals surface area contributed by atoms with E-state index >= 15 is 8.78 Å². The number of ether oxygens (including phenoxy) is 2. The molecule has 280 valence electrons. The van der Waals surface area contributed by atoms with Crippen LogP contribution >= 0.6 is 11.8 Å². The summed E-state index contributed by atoms with van der Waals surface area (Å²) in [5.41, 5.74) is -1.80. The van der Waals surface area contributed by atoms with Crippen molar-refractivity contribution in [1.82, 2.24) is 10.6 Å². The van der Waals surface area contributed by atoms with Crippen LogP contribution in [0.3, 0.4) is 0 Å². The van der Waals surface area contributed by atoms with Gasteiger partial charge in [-0.1, -0.05) is 19.9 Å². The number of furan rings is 1. The molecule has 0 spiro atoms. The van der Waals surface area contributed by atoms with E-state index in [1.165, 1.54) is 39.2 Å². The van der Waals surface area contributed by atoms with Crippen LogP contribution in [0.5, 0.6) is 0 Å². The Morgan fingerprint density at radius 2 is 1.88 bits per heavy atom. The van der Waals surface area contributed by atoms with Gasteiger partial charge in [0, 0.05) is 28.2 Å². The second-order valence-corrected chi connectivity index (χ2v) is 15.4. The fraction of sp³-hybridized carbons (Fsp3) is 0.629. The molecule has 1 aromatic heterocycles. The van der Waals surface area contributed by atoms with E-state index < -0.39 is 98.9 Å². The number of alkyl halides is 3. The van der Waals surface area contributed by atoms with Gasteiger partial charge in [-0.05, 0) is 81.5 Å². The molecule has 4 aliphatic rings. The van der Waals surface area contributed by atoms with Crippen molar-refractivity contribution in [2.75, 3.05) is 12.7 Å². The van der Waals surface area contributed by atoms with Crippen LogP contribution in [-0.2, 0) is 35.3 Å². The molecule has 2 amide bonds. The molecule has 3 fully saturated rings. The van der Waals surface area contributed by atoms with Crippen molar-refractivity contribution in [2.24, 2.45) is 34.3 Å². The maximum atomic E-state index is 17.6. The minimum atomic E-state index is -2.43. The zero-order valence-electron chi connectivity index (χ0n) is 29.0. The Kier molecular flexibility index (Phi) is 10.8. The second-order valence-electron chi connectivity index (χ2n) is 14.5. The summed E-state index contributed by atoms with van der Waals surface area (Å²) in [5.74, 6) is -5.63. The largest absolute Gasteiger partial charge is 0.457 e. The van der Waals surface area contributed by atoms with Gasteiger partial charge in [-0.2, -0.15) is 0 Å². The number of aliphatic hydroxyl groups is 1. The van der Waals surface area contributed by atoms with E-state index in [0.717, 1.165) is 12.2 Å². The van der Waals surface area contributed by atoms with Gasteiger partial charge in [0.1, 0.15) is 25.0 Å². The maximum Gasteiger partial charge on any atom is 0.375 e. The van der Waals surface area contributed by atoms with Gasteiger partial charge < -0.3 is 35.4 Å². The number of aliphatic hydroxyl groups excluding tert-OH is 1. The van der Waals surface area contributed by atoms with Gasteiger partial charge in [0.15, 0.2) is 17.1 Å². The smallest absolute Gasteiger partial charge is 0.375 e. The first-order valence-corrected chi connectivity index (χ1v) is 17.8. The molecular weight excluding hydrogens is 695 g/mol. The van der Waals surface area contributed by atoms with Crippen LogP contribution < -0.4 is 16.4 Å². The monoisotopic (exact) mass is 739 g/mol. The zero-order chi connectivity index (χ0) is 37.7. The van der Waals surface area contributed by atoms with Crippen LogP contribution in [0.4, 0.5) is 13.2 Å². The number of carbonyl (C=O) groups excluding carboxylic acids is 5. The Morgan fingerprint density at radius 3 is 2.55 bits per heavy atom. The van der Waals surface area contributed by atoms with Crippen LogP contribution in [-0.4, -0.2) is 82.2 Å². The number of amides is 2. The SMILES string of the molecule is CC1CC2C3CC(F)C4=CC(=O)C=CC4(C)C3(F)C(O)CC2(C)C1(OC(=O)c1cc(COCNC(=O)[C@H](C)NC(=O)[C@H](C)N)co1)C(=O)SCF. The van der Waals surface area contributed by atoms with Crippen molar-refractivity contribution in [1.29, 1.82) is 0 Å². The molecule has 5 N–H and O–H groups in total. The van der Waals surface area contributed by atoms with Gasteiger partial charge in [-0.3, -0.25) is 19.2 Å². The topological polar surface area (TPSA) is 187 Å². The molecule has 0 radical (unpaired) electrons. The van der Waals surface area contributed by atoms with E-state index in [0.29, 0.717) is 17.3 Å². The predicted molar refractivity (Wildman–Crippen MR) is 178 cm³/mol. The number of ketones is 1. The minimum Gasteiger partial charge on any atom is -0.457 e. The maximum absolute atomic E-state index is 17.6. The average molecular weight is 740 g/mol. The van der Waals surface area contributed by atoms with Crippen LogP contribution in [0.25, 0.3) is 0 Å². The van der Waals surface area contributed by atoms with E-state index in [1.807, 2.05) is 0 Å². The van der Waals surface area contributed by atoms with Gasteiger partial charge in [-0.25, -0.2) is 18.0 Å². The molecule has 9 unspecified atom stereocenters. The number of esters is 1. The van der Waals surface area contributed by atoms with E-state index in [-0.39, 0.29) is 43.9 Å². The molecule has 11 atom stereocenters. The lowest BCUT2D eigenvalue weighted by Gasteiger charge is -2.63. The third-order valence-corrected chi connectivity index (χ3v) is 12.2. The normalized spacial score (nSPS) is 36.5. The van der Waals surface area contributed by atoms with E-state index in [4.69, 9.17) is 19.6 Å². The van der Waals surface area contributed by atoms with Crippen LogP contribution in [0, 0.1) is 28.6 Å². The lowest BCUT2D eigenvalue weighted by molar-refractivity contribution is -0.221. The molecule has 12 nitrogen and oxygen atoms in total. The number of carbonyl (C=O) groups is 5. The van der Waals surface area contributed by atoms with E-state index in [9.17, 15) is 33.5 Å². The molecule has 0 saturated heterocycles. The number of nitrogens with two attached hydrogens (primary N) is 1. The second kappa shape index (κ2) is 14.2. The Hall–Kier alpha value is -3.47. The summed E-state index contributed by atoms with van der Waals surface area (Å²) < 4.78 is 64.2. The first-order chi connectivity index (χ1) is 23.9. The molecular formula is C35H44F3N3O9S. The van der Waals surface area contributed by atoms with Gasteiger partial charge in [-0.15, -0.1) is 0 Å². The molecule has 1 heterocycles. The van der Waals surface area contributed by atoms with Crippen molar-refractivity contribution in [2.45, 2.75) is 96.1 Å². The predicted octanol–water partition coefficient (Wildman–Crippen LogP) is 3.37. The Bertz CT molecular complexity index is 1650. The van der Waals surface area contributed by atoms with Gasteiger partial charge in [0.05, 0.1) is 25.0 Å². The molecule has 16 heteroatoms. The standard InChI is InChI=1S/C35H44F3N3O9S/c1-17-8-22-23-11-25(37)24-10-21(42)6-7-32(24,4)34(23,38)27(43)12-33(22,5)35(17,31(47)51-15-36)50-30(46)26-9-20(14-49-26)13-48-16-40-29(45)19(3)41-28(44)18(2)39/h6-7,9-10,14,17-19,22-23,25,27,43H,8,11-13,15-16,39H2,1-5H3,(H,40,45)(H,41,44)/t17?,18-,19-,22?,23?,25?,27?,32?,33?,34?,35?/m0/s1. The summed E-state index contributed by atoms with van der Waals surface area (Å²) in [6.07, 6.45) is 0.625. The number of halogens is 3.